The summed E-state index contributed by atoms with van der Waals surface area (Å²) < 4.78 is 105. The van der Waals surface area contributed by atoms with E-state index in [0.29, 0.717) is 12.1 Å². The van der Waals surface area contributed by atoms with Crippen LogP contribution in [-0.2, 0) is 20.1 Å². The van der Waals surface area contributed by atoms with Crippen molar-refractivity contribution in [1.82, 2.24) is 9.97 Å². The Morgan fingerprint density at radius 2 is 1.30 bits per heavy atom. The van der Waals surface area contributed by atoms with Gasteiger partial charge < -0.3 is 9.97 Å². The number of benzene rings is 2. The zero-order valence-corrected chi connectivity index (χ0v) is 20.7. The molecular formula is C26H14F8IrN2-2. The van der Waals surface area contributed by atoms with Gasteiger partial charge in [0.2, 0.25) is 0 Å². The Labute approximate surface area is 219 Å². The Kier molecular flexibility index (Phi) is 7.91. The first-order valence-corrected chi connectivity index (χ1v) is 10.3. The monoisotopic (exact) mass is 699 g/mol. The quantitative estimate of drug-likeness (QED) is 0.160. The van der Waals surface area contributed by atoms with Crippen molar-refractivity contribution in [3.05, 3.63) is 103 Å². The van der Waals surface area contributed by atoms with Crippen LogP contribution in [0.2, 0.25) is 0 Å². The van der Waals surface area contributed by atoms with Gasteiger partial charge in [0.1, 0.15) is 0 Å². The molecule has 0 atom stereocenters. The summed E-state index contributed by atoms with van der Waals surface area (Å²) in [6.45, 7) is 0. The molecule has 0 N–H and O–H groups in total. The van der Waals surface area contributed by atoms with E-state index in [0.717, 1.165) is 23.5 Å². The molecule has 0 fully saturated rings. The third-order valence-corrected chi connectivity index (χ3v) is 5.32. The molecule has 4 aromatic rings. The van der Waals surface area contributed by atoms with Crippen LogP contribution in [0.3, 0.4) is 0 Å². The van der Waals surface area contributed by atoms with Crippen molar-refractivity contribution < 1.29 is 55.2 Å². The topological polar surface area (TPSA) is 25.8 Å². The van der Waals surface area contributed by atoms with Crippen molar-refractivity contribution in [2.75, 3.05) is 0 Å². The predicted molar refractivity (Wildman–Crippen MR) is 117 cm³/mol. The molecule has 2 aromatic carbocycles. The second-order valence-corrected chi connectivity index (χ2v) is 7.71. The molecule has 1 aliphatic rings. The number of hydrogen-bond acceptors (Lipinski definition) is 2. The summed E-state index contributed by atoms with van der Waals surface area (Å²) in [6.07, 6.45) is 3.26. The number of pyridine rings is 2. The number of alkyl halides is 8. The predicted octanol–water partition coefficient (Wildman–Crippen LogP) is 7.52. The summed E-state index contributed by atoms with van der Waals surface area (Å²) in [6, 6.07) is 24.4. The Morgan fingerprint density at radius 3 is 1.92 bits per heavy atom. The average molecular weight is 699 g/mol. The molecule has 11 heteroatoms. The van der Waals surface area contributed by atoms with Gasteiger partial charge in [-0.2, -0.15) is 32.4 Å². The third-order valence-electron chi connectivity index (χ3n) is 5.32. The Morgan fingerprint density at radius 1 is 0.649 bits per heavy atom. The van der Waals surface area contributed by atoms with Crippen molar-refractivity contribution in [2.45, 2.75) is 23.7 Å². The number of hydrogen-bond donors (Lipinski definition) is 0. The maximum atomic E-state index is 13.5. The number of nitrogens with zero attached hydrogens (tertiary/aromatic N) is 2. The van der Waals surface area contributed by atoms with Crippen molar-refractivity contribution in [2.24, 2.45) is 0 Å². The van der Waals surface area contributed by atoms with Crippen molar-refractivity contribution in [3.8, 4) is 11.3 Å². The van der Waals surface area contributed by atoms with Gasteiger partial charge in [-0.25, -0.2) is 8.78 Å². The summed E-state index contributed by atoms with van der Waals surface area (Å²) in [5, 5.41) is 2.38. The second kappa shape index (κ2) is 10.3. The van der Waals surface area contributed by atoms with E-state index in [2.05, 4.69) is 34.2 Å². The molecule has 2 aromatic heterocycles. The molecule has 1 radical (unpaired) electrons. The number of fused-ring (bicyclic) bond motifs is 1. The molecule has 5 rings (SSSR count). The molecule has 0 amide bonds. The summed E-state index contributed by atoms with van der Waals surface area (Å²) >= 11 is 0. The van der Waals surface area contributed by atoms with Crippen LogP contribution >= 0.6 is 0 Å². The molecule has 195 valence electrons. The molecule has 0 saturated heterocycles. The number of halogens is 8. The van der Waals surface area contributed by atoms with Gasteiger partial charge in [-0.15, -0.1) is 47.5 Å². The maximum absolute atomic E-state index is 13.5. The largest absolute Gasteiger partial charge is 0.378 e. The van der Waals surface area contributed by atoms with Gasteiger partial charge in [0.15, 0.2) is 0 Å². The average Bonchev–Trinajstić information content (AvgIpc) is 2.87. The molecule has 0 unspecified atom stereocenters. The van der Waals surface area contributed by atoms with E-state index in [4.69, 9.17) is 0 Å². The number of allylic oxidation sites excluding steroid dienone is 2. The molecule has 0 bridgehead atoms. The molecular weight excluding hydrogens is 685 g/mol. The molecule has 0 aliphatic heterocycles. The SMILES string of the molecule is FC1(F)[C-]=C(c2ccccn2)C(F)(F)C(F)(F)C1(F)F.[Ir].[c-]1ccccc1-c1cc2ccccc2cn1. The minimum atomic E-state index is -6.28. The van der Waals surface area contributed by atoms with E-state index in [1.165, 1.54) is 16.8 Å². The van der Waals surface area contributed by atoms with Crippen LogP contribution in [0.4, 0.5) is 35.1 Å². The Balaban J connectivity index is 0.000000204. The van der Waals surface area contributed by atoms with Crippen molar-refractivity contribution >= 4 is 16.3 Å². The minimum absolute atomic E-state index is 0. The fraction of sp³-hybridized carbons (Fsp3) is 0.154. The van der Waals surface area contributed by atoms with Crippen LogP contribution in [-0.4, -0.2) is 33.7 Å². The van der Waals surface area contributed by atoms with Gasteiger partial charge >= 0.3 is 17.8 Å². The molecule has 1 aliphatic carbocycles. The van der Waals surface area contributed by atoms with Gasteiger partial charge in [-0.1, -0.05) is 42.1 Å². The standard InChI is InChI=1S/C15H10N.C11H4F8N.Ir/c1-2-6-12(7-3-1)15-10-13-8-4-5-9-14(13)11-16-15;12-8(13)5-6(7-3-1-2-4-20-7)9(14,15)11(18,19)10(8,16)17;/h1-6,8-11H;1-4H;/q2*-1;. The fourth-order valence-corrected chi connectivity index (χ4v) is 3.38. The van der Waals surface area contributed by atoms with Crippen LogP contribution in [0.5, 0.6) is 0 Å². The van der Waals surface area contributed by atoms with Crippen molar-refractivity contribution in [3.63, 3.8) is 0 Å². The van der Waals surface area contributed by atoms with Gasteiger partial charge in [-0.3, -0.25) is 0 Å². The Hall–Kier alpha value is -3.17. The zero-order valence-electron chi connectivity index (χ0n) is 18.3. The van der Waals surface area contributed by atoms with Gasteiger partial charge in [0.05, 0.1) is 0 Å². The van der Waals surface area contributed by atoms with E-state index in [9.17, 15) is 35.1 Å². The van der Waals surface area contributed by atoms with Crippen LogP contribution in [0.25, 0.3) is 27.6 Å². The minimum Gasteiger partial charge on any atom is -0.351 e. The third kappa shape index (κ3) is 5.02. The second-order valence-electron chi connectivity index (χ2n) is 7.71. The first kappa shape index (κ1) is 28.4. The van der Waals surface area contributed by atoms with Gasteiger partial charge in [0.25, 0.3) is 5.92 Å². The number of aromatic nitrogens is 2. The Bertz CT molecular complexity index is 1390. The smallest absolute Gasteiger partial charge is 0.351 e. The van der Waals surface area contributed by atoms with Gasteiger partial charge in [-0.05, 0) is 22.5 Å². The number of rotatable bonds is 2. The first-order valence-electron chi connectivity index (χ1n) is 10.3. The van der Waals surface area contributed by atoms with Crippen LogP contribution in [0.1, 0.15) is 5.69 Å². The molecule has 2 heterocycles. The summed E-state index contributed by atoms with van der Waals surface area (Å²) in [5.41, 5.74) is -1.03. The first-order chi connectivity index (χ1) is 16.9. The van der Waals surface area contributed by atoms with Crippen LogP contribution in [0, 0.1) is 12.1 Å². The molecule has 0 saturated carbocycles. The van der Waals surface area contributed by atoms with E-state index in [1.807, 2.05) is 42.6 Å². The summed E-state index contributed by atoms with van der Waals surface area (Å²) in [7, 11) is 0. The molecule has 37 heavy (non-hydrogen) atoms. The van der Waals surface area contributed by atoms with Crippen LogP contribution < -0.4 is 0 Å². The summed E-state index contributed by atoms with van der Waals surface area (Å²) in [5.74, 6) is -23.6. The summed E-state index contributed by atoms with van der Waals surface area (Å²) in [4.78, 5) is 7.63. The van der Waals surface area contributed by atoms with Crippen molar-refractivity contribution in [1.29, 1.82) is 0 Å². The molecule has 2 nitrogen and oxygen atoms in total. The normalized spacial score (nSPS) is 18.5. The maximum Gasteiger partial charge on any atom is 0.378 e. The van der Waals surface area contributed by atoms with E-state index >= 15 is 0 Å². The zero-order chi connectivity index (χ0) is 26.2. The van der Waals surface area contributed by atoms with E-state index in [-0.39, 0.29) is 20.1 Å². The van der Waals surface area contributed by atoms with Gasteiger partial charge in [0, 0.05) is 32.5 Å². The van der Waals surface area contributed by atoms with E-state index in [1.54, 1.807) is 0 Å². The fourth-order valence-electron chi connectivity index (χ4n) is 3.38. The van der Waals surface area contributed by atoms with Crippen LogP contribution in [0.15, 0.2) is 85.2 Å². The van der Waals surface area contributed by atoms with E-state index < -0.39 is 35.0 Å². The molecule has 0 spiro atoms.